The Balaban J connectivity index is 2.08. The predicted molar refractivity (Wildman–Crippen MR) is 85.0 cm³/mol. The summed E-state index contributed by atoms with van der Waals surface area (Å²) in [4.78, 5) is 14.5. The fraction of sp³-hybridized carbons (Fsp3) is 0.0714. The van der Waals surface area contributed by atoms with Crippen LogP contribution < -0.4 is 10.2 Å². The van der Waals surface area contributed by atoms with Crippen LogP contribution in [0, 0.1) is 0 Å². The van der Waals surface area contributed by atoms with Crippen LogP contribution in [0.1, 0.15) is 5.56 Å². The molecule has 0 saturated heterocycles. The average Bonchev–Trinajstić information content (AvgIpc) is 2.48. The number of hydrogen-bond donors (Lipinski definition) is 2. The summed E-state index contributed by atoms with van der Waals surface area (Å²) < 4.78 is 5.16. The molecule has 22 heavy (non-hydrogen) atoms. The van der Waals surface area contributed by atoms with E-state index in [4.69, 9.17) is 33.0 Å². The first-order valence-electron chi connectivity index (χ1n) is 6.10. The first-order valence-corrected chi connectivity index (χ1v) is 6.85. The Kier molecular flexibility index (Phi) is 5.57. The van der Waals surface area contributed by atoms with Crippen molar-refractivity contribution in [2.24, 2.45) is 5.10 Å². The molecule has 2 rings (SSSR count). The maximum absolute atomic E-state index is 10.5. The van der Waals surface area contributed by atoms with Crippen molar-refractivity contribution in [3.63, 3.8) is 0 Å². The van der Waals surface area contributed by atoms with Gasteiger partial charge in [0.2, 0.25) is 0 Å². The molecule has 0 saturated carbocycles. The van der Waals surface area contributed by atoms with Gasteiger partial charge in [0.1, 0.15) is 5.75 Å². The average molecular weight is 340 g/mol. The molecule has 0 aliphatic rings. The van der Waals surface area contributed by atoms with Crippen molar-refractivity contribution in [1.82, 2.24) is 4.98 Å². The number of hydrazone groups is 1. The van der Waals surface area contributed by atoms with Gasteiger partial charge >= 0.3 is 5.97 Å². The Morgan fingerprint density at radius 1 is 1.41 bits per heavy atom. The van der Waals surface area contributed by atoms with Crippen molar-refractivity contribution < 1.29 is 14.6 Å². The number of hydrogen-bond acceptors (Lipinski definition) is 5. The molecule has 6 nitrogen and oxygen atoms in total. The summed E-state index contributed by atoms with van der Waals surface area (Å²) >= 11 is 11.7. The van der Waals surface area contributed by atoms with Crippen LogP contribution in [-0.2, 0) is 4.79 Å². The van der Waals surface area contributed by atoms with E-state index in [1.165, 1.54) is 18.5 Å². The molecule has 2 N–H and O–H groups in total. The van der Waals surface area contributed by atoms with Crippen molar-refractivity contribution in [3.8, 4) is 5.75 Å². The van der Waals surface area contributed by atoms with Gasteiger partial charge in [-0.05, 0) is 18.2 Å². The summed E-state index contributed by atoms with van der Waals surface area (Å²) in [5, 5.41) is 13.4. The van der Waals surface area contributed by atoms with E-state index in [9.17, 15) is 4.79 Å². The van der Waals surface area contributed by atoms with E-state index >= 15 is 0 Å². The molecule has 8 heteroatoms. The Morgan fingerprint density at radius 3 is 2.91 bits per heavy atom. The van der Waals surface area contributed by atoms with E-state index < -0.39 is 12.6 Å². The standard InChI is InChI=1S/C14H11Cl2N3O3/c15-10-5-11(16)14(17-7-10)19-18-6-9-3-1-2-4-12(9)22-8-13(20)21/h1-7H,8H2,(H,17,19)(H,20,21)/b18-6-. The monoisotopic (exact) mass is 339 g/mol. The van der Waals surface area contributed by atoms with Crippen LogP contribution in [0.5, 0.6) is 5.75 Å². The molecule has 0 unspecified atom stereocenters. The third-order valence-electron chi connectivity index (χ3n) is 2.45. The van der Waals surface area contributed by atoms with Gasteiger partial charge in [-0.25, -0.2) is 9.78 Å². The van der Waals surface area contributed by atoms with E-state index in [0.29, 0.717) is 27.2 Å². The number of para-hydroxylation sites is 1. The third kappa shape index (κ3) is 4.61. The molecule has 114 valence electrons. The Morgan fingerprint density at radius 2 is 2.18 bits per heavy atom. The van der Waals surface area contributed by atoms with Gasteiger partial charge in [0.25, 0.3) is 0 Å². The Bertz CT molecular complexity index is 707. The van der Waals surface area contributed by atoms with Crippen molar-refractivity contribution in [3.05, 3.63) is 52.1 Å². The molecule has 0 fully saturated rings. The van der Waals surface area contributed by atoms with E-state index in [1.807, 2.05) is 0 Å². The van der Waals surface area contributed by atoms with E-state index in [2.05, 4.69) is 15.5 Å². The maximum atomic E-state index is 10.5. The largest absolute Gasteiger partial charge is 0.481 e. The smallest absolute Gasteiger partial charge is 0.341 e. The molecule has 1 aromatic heterocycles. The van der Waals surface area contributed by atoms with Crippen molar-refractivity contribution in [1.29, 1.82) is 0 Å². The van der Waals surface area contributed by atoms with E-state index in [0.717, 1.165) is 0 Å². The van der Waals surface area contributed by atoms with Crippen LogP contribution >= 0.6 is 23.2 Å². The Hall–Kier alpha value is -2.31. The fourth-order valence-electron chi connectivity index (χ4n) is 1.52. The van der Waals surface area contributed by atoms with E-state index in [1.54, 1.807) is 24.3 Å². The number of halogens is 2. The van der Waals surface area contributed by atoms with Crippen LogP contribution in [0.2, 0.25) is 10.0 Å². The van der Waals surface area contributed by atoms with Crippen LogP contribution in [-0.4, -0.2) is 28.9 Å². The number of rotatable bonds is 6. The van der Waals surface area contributed by atoms with Gasteiger partial charge in [-0.3, -0.25) is 5.43 Å². The normalized spacial score (nSPS) is 10.6. The zero-order chi connectivity index (χ0) is 15.9. The van der Waals surface area contributed by atoms with Gasteiger partial charge in [0.05, 0.1) is 16.3 Å². The van der Waals surface area contributed by atoms with Crippen molar-refractivity contribution in [2.45, 2.75) is 0 Å². The lowest BCUT2D eigenvalue weighted by Crippen LogP contribution is -2.10. The van der Waals surface area contributed by atoms with E-state index in [-0.39, 0.29) is 0 Å². The van der Waals surface area contributed by atoms with Gasteiger partial charge in [-0.1, -0.05) is 35.3 Å². The first-order chi connectivity index (χ1) is 10.6. The lowest BCUT2D eigenvalue weighted by molar-refractivity contribution is -0.139. The minimum atomic E-state index is -1.05. The number of benzene rings is 1. The summed E-state index contributed by atoms with van der Waals surface area (Å²) in [6, 6.07) is 8.44. The predicted octanol–water partition coefficient (Wildman–Crippen LogP) is 3.30. The number of carboxylic acids is 1. The number of pyridine rings is 1. The van der Waals surface area contributed by atoms with Gasteiger partial charge in [0, 0.05) is 11.8 Å². The van der Waals surface area contributed by atoms with Gasteiger partial charge in [0.15, 0.2) is 12.4 Å². The molecule has 0 atom stereocenters. The van der Waals surface area contributed by atoms with Crippen molar-refractivity contribution in [2.75, 3.05) is 12.0 Å². The SMILES string of the molecule is O=C(O)COc1ccccc1/C=N\Nc1ncc(Cl)cc1Cl. The topological polar surface area (TPSA) is 83.8 Å². The van der Waals surface area contributed by atoms with Crippen LogP contribution in [0.3, 0.4) is 0 Å². The summed E-state index contributed by atoms with van der Waals surface area (Å²) in [7, 11) is 0. The zero-order valence-corrected chi connectivity index (χ0v) is 12.7. The number of carbonyl (C=O) groups is 1. The summed E-state index contributed by atoms with van der Waals surface area (Å²) in [5.74, 6) is -0.293. The molecule has 0 radical (unpaired) electrons. The molecule has 0 amide bonds. The minimum absolute atomic E-state index is 0.333. The van der Waals surface area contributed by atoms with Crippen LogP contribution in [0.25, 0.3) is 0 Å². The molecular weight excluding hydrogens is 329 g/mol. The number of aliphatic carboxylic acids is 1. The molecule has 0 aliphatic carbocycles. The fourth-order valence-corrected chi connectivity index (χ4v) is 1.94. The summed E-state index contributed by atoms with van der Waals surface area (Å²) in [6.45, 7) is -0.428. The third-order valence-corrected chi connectivity index (χ3v) is 2.95. The number of anilines is 1. The maximum Gasteiger partial charge on any atom is 0.341 e. The second kappa shape index (κ2) is 7.63. The highest BCUT2D eigenvalue weighted by molar-refractivity contribution is 6.35. The quantitative estimate of drug-likeness (QED) is 0.623. The lowest BCUT2D eigenvalue weighted by Gasteiger charge is -2.06. The Labute approximate surface area is 136 Å². The number of carboxylic acid groups (broad SMARTS) is 1. The van der Waals surface area contributed by atoms with Crippen molar-refractivity contribution >= 4 is 41.2 Å². The molecule has 1 aromatic carbocycles. The van der Waals surface area contributed by atoms with Crippen LogP contribution in [0.4, 0.5) is 5.82 Å². The van der Waals surface area contributed by atoms with Gasteiger partial charge in [-0.15, -0.1) is 0 Å². The highest BCUT2D eigenvalue weighted by Crippen LogP contribution is 2.22. The molecule has 1 heterocycles. The highest BCUT2D eigenvalue weighted by atomic mass is 35.5. The first kappa shape index (κ1) is 16.1. The molecule has 2 aromatic rings. The molecular formula is C14H11Cl2N3O3. The van der Waals surface area contributed by atoms with Crippen LogP contribution in [0.15, 0.2) is 41.6 Å². The number of ether oxygens (including phenoxy) is 1. The summed E-state index contributed by atoms with van der Waals surface area (Å²) in [5.41, 5.74) is 3.29. The second-order valence-electron chi connectivity index (χ2n) is 4.07. The summed E-state index contributed by atoms with van der Waals surface area (Å²) in [6.07, 6.45) is 2.92. The van der Waals surface area contributed by atoms with Gasteiger partial charge in [-0.2, -0.15) is 5.10 Å². The number of nitrogens with zero attached hydrogens (tertiary/aromatic N) is 2. The number of aromatic nitrogens is 1. The molecule has 0 bridgehead atoms. The molecule has 0 spiro atoms. The zero-order valence-electron chi connectivity index (χ0n) is 11.2. The number of nitrogens with one attached hydrogen (secondary N) is 1. The molecule has 0 aliphatic heterocycles. The highest BCUT2D eigenvalue weighted by Gasteiger charge is 2.04. The minimum Gasteiger partial charge on any atom is -0.481 e. The van der Waals surface area contributed by atoms with Gasteiger partial charge < -0.3 is 9.84 Å². The lowest BCUT2D eigenvalue weighted by atomic mass is 10.2. The second-order valence-corrected chi connectivity index (χ2v) is 4.92.